The number of halogens is 2. The second kappa shape index (κ2) is 9.95. The first-order valence-corrected chi connectivity index (χ1v) is 15.9. The Balaban J connectivity index is 1.49. The maximum absolute atomic E-state index is 13.6. The Morgan fingerprint density at radius 2 is 1.88 bits per heavy atom. The maximum atomic E-state index is 13.6. The van der Waals surface area contributed by atoms with E-state index in [9.17, 15) is 22.0 Å². The molecule has 3 fully saturated rings. The molecular formula is C26H30F2N8O3S2. The second-order valence-electron chi connectivity index (χ2n) is 11.3. The highest BCUT2D eigenvalue weighted by Gasteiger charge is 2.54. The third-order valence-electron chi connectivity index (χ3n) is 8.11. The van der Waals surface area contributed by atoms with Gasteiger partial charge >= 0.3 is 0 Å². The van der Waals surface area contributed by atoms with E-state index >= 15 is 0 Å². The van der Waals surface area contributed by atoms with Gasteiger partial charge < -0.3 is 9.80 Å². The molecule has 0 spiro atoms. The van der Waals surface area contributed by atoms with Gasteiger partial charge in [0, 0.05) is 43.5 Å². The van der Waals surface area contributed by atoms with Gasteiger partial charge in [-0.1, -0.05) is 25.2 Å². The number of piperidine rings is 1. The van der Waals surface area contributed by atoms with Crippen molar-refractivity contribution in [2.24, 2.45) is 13.0 Å². The summed E-state index contributed by atoms with van der Waals surface area (Å²) in [6.45, 7) is 12.3. The number of anilines is 1. The Morgan fingerprint density at radius 3 is 2.44 bits per heavy atom. The van der Waals surface area contributed by atoms with Crippen molar-refractivity contribution < 1.29 is 22.0 Å². The lowest BCUT2D eigenvalue weighted by atomic mass is 9.89. The number of hydrogen-bond acceptors (Lipinski definition) is 8. The van der Waals surface area contributed by atoms with Gasteiger partial charge in [-0.2, -0.15) is 5.10 Å². The number of nitrogens with one attached hydrogen (secondary N) is 1. The molecule has 1 saturated carbocycles. The van der Waals surface area contributed by atoms with Gasteiger partial charge in [0.15, 0.2) is 10.0 Å². The maximum Gasteiger partial charge on any atom is 0.299 e. The third kappa shape index (κ3) is 4.85. The number of aryl methyl sites for hydroxylation is 1. The number of hydrogen-bond donors (Lipinski definition) is 1. The number of carbonyl (C=O) groups excluding carboxylic acids is 1. The van der Waals surface area contributed by atoms with E-state index in [1.165, 1.54) is 6.07 Å². The minimum absolute atomic E-state index is 0.0212. The summed E-state index contributed by atoms with van der Waals surface area (Å²) in [5.74, 6) is -0.00871. The van der Waals surface area contributed by atoms with Gasteiger partial charge in [0.05, 0.1) is 28.9 Å². The van der Waals surface area contributed by atoms with E-state index in [2.05, 4.69) is 29.8 Å². The summed E-state index contributed by atoms with van der Waals surface area (Å²) in [6, 6.07) is 3.02. The molecule has 3 aromatic rings. The average Bonchev–Trinajstić information content (AvgIpc) is 3.35. The summed E-state index contributed by atoms with van der Waals surface area (Å²) in [5, 5.41) is 12.2. The van der Waals surface area contributed by atoms with Crippen molar-refractivity contribution in [1.29, 1.82) is 0 Å². The first-order valence-electron chi connectivity index (χ1n) is 13.6. The Bertz CT molecular complexity index is 1660. The largest absolute Gasteiger partial charge is 0.366 e. The molecule has 2 aliphatic heterocycles. The van der Waals surface area contributed by atoms with E-state index in [4.69, 9.17) is 6.57 Å². The van der Waals surface area contributed by atoms with Crippen LogP contribution < -0.4 is 9.62 Å². The molecule has 4 heterocycles. The molecule has 15 heteroatoms. The van der Waals surface area contributed by atoms with E-state index < -0.39 is 27.1 Å². The normalized spacial score (nSPS) is 22.0. The third-order valence-corrected chi connectivity index (χ3v) is 10.5. The Labute approximate surface area is 240 Å². The summed E-state index contributed by atoms with van der Waals surface area (Å²) in [5.41, 5.74) is 0.354. The zero-order valence-electron chi connectivity index (χ0n) is 22.8. The molecule has 41 heavy (non-hydrogen) atoms. The quantitative estimate of drug-likeness (QED) is 0.406. The molecule has 11 nitrogen and oxygen atoms in total. The van der Waals surface area contributed by atoms with Crippen LogP contribution in [-0.2, 0) is 21.9 Å². The Morgan fingerprint density at radius 1 is 1.20 bits per heavy atom. The number of alkyl halides is 2. The van der Waals surface area contributed by atoms with Crippen LogP contribution in [-0.4, -0.2) is 70.0 Å². The van der Waals surface area contributed by atoms with Crippen molar-refractivity contribution in [3.63, 3.8) is 0 Å². The molecule has 2 saturated heterocycles. The summed E-state index contributed by atoms with van der Waals surface area (Å²) in [4.78, 5) is 20.7. The number of aromatic nitrogens is 4. The molecule has 2 aromatic heterocycles. The minimum Gasteiger partial charge on any atom is -0.366 e. The number of fused-ring (bicyclic) bond motifs is 3. The van der Waals surface area contributed by atoms with E-state index in [0.717, 1.165) is 19.3 Å². The van der Waals surface area contributed by atoms with Crippen molar-refractivity contribution in [1.82, 2.24) is 29.6 Å². The predicted molar refractivity (Wildman–Crippen MR) is 149 cm³/mol. The van der Waals surface area contributed by atoms with E-state index in [1.807, 2.05) is 18.7 Å². The summed E-state index contributed by atoms with van der Waals surface area (Å²) >= 11 is 0.710. The van der Waals surface area contributed by atoms with Gasteiger partial charge in [-0.15, -0.1) is 14.9 Å². The van der Waals surface area contributed by atoms with E-state index in [0.29, 0.717) is 53.9 Å². The molecule has 1 N–H and O–H groups in total. The first kappa shape index (κ1) is 27.9. The lowest BCUT2D eigenvalue weighted by Gasteiger charge is -2.51. The van der Waals surface area contributed by atoms with Crippen molar-refractivity contribution in [3.05, 3.63) is 28.6 Å². The lowest BCUT2D eigenvalue weighted by molar-refractivity contribution is -0.142. The van der Waals surface area contributed by atoms with Crippen molar-refractivity contribution in [2.45, 2.75) is 75.0 Å². The van der Waals surface area contributed by atoms with Crippen LogP contribution >= 0.6 is 11.3 Å². The lowest BCUT2D eigenvalue weighted by Crippen LogP contribution is -2.63. The van der Waals surface area contributed by atoms with Crippen molar-refractivity contribution in [2.75, 3.05) is 18.0 Å². The molecule has 2 unspecified atom stereocenters. The van der Waals surface area contributed by atoms with Crippen molar-refractivity contribution >= 4 is 43.9 Å². The van der Waals surface area contributed by atoms with Crippen LogP contribution in [0.2, 0.25) is 0 Å². The van der Waals surface area contributed by atoms with Gasteiger partial charge in [-0.05, 0) is 31.4 Å². The van der Waals surface area contributed by atoms with Crippen LogP contribution in [0.1, 0.15) is 57.4 Å². The molecule has 1 aliphatic carbocycles. The summed E-state index contributed by atoms with van der Waals surface area (Å²) in [6.07, 6.45) is 0.772. The van der Waals surface area contributed by atoms with Gasteiger partial charge in [0.2, 0.25) is 15.9 Å². The molecule has 2 bridgehead atoms. The number of amides is 1. The van der Waals surface area contributed by atoms with E-state index in [-0.39, 0.29) is 39.5 Å². The van der Waals surface area contributed by atoms with E-state index in [1.54, 1.807) is 17.8 Å². The highest BCUT2D eigenvalue weighted by molar-refractivity contribution is 7.89. The number of benzene rings is 1. The van der Waals surface area contributed by atoms with Crippen LogP contribution in [0.4, 0.5) is 14.5 Å². The highest BCUT2D eigenvalue weighted by Crippen LogP contribution is 2.42. The molecule has 1 aromatic carbocycles. The Kier molecular flexibility index (Phi) is 6.78. The second-order valence-corrected chi connectivity index (χ2v) is 14.0. The van der Waals surface area contributed by atoms with Crippen molar-refractivity contribution in [3.8, 4) is 10.7 Å². The molecule has 1 amide bonds. The molecule has 6 rings (SSSR count). The van der Waals surface area contributed by atoms with Crippen LogP contribution in [0.15, 0.2) is 17.0 Å². The molecule has 3 aliphatic rings. The fraction of sp³-hybridized carbons (Fsp3) is 0.577. The SMILES string of the molecule is [C-]#[N+]C1(NS(=O)(=O)c2cc(N3CC4CCCC(C3)N4C(=O)C(C)C)c3c(c2)c(-c2nnc(C(F)F)s2)nn3C)CC1. The smallest absolute Gasteiger partial charge is 0.299 e. The van der Waals surface area contributed by atoms with Crippen LogP contribution in [0.3, 0.4) is 0 Å². The topological polar surface area (TPSA) is 118 Å². The van der Waals surface area contributed by atoms with Crippen LogP contribution in [0.25, 0.3) is 26.4 Å². The molecule has 0 radical (unpaired) electrons. The van der Waals surface area contributed by atoms with Crippen LogP contribution in [0.5, 0.6) is 0 Å². The molecule has 218 valence electrons. The van der Waals surface area contributed by atoms with Crippen LogP contribution in [0, 0.1) is 12.5 Å². The summed E-state index contributed by atoms with van der Waals surface area (Å²) < 4.78 is 58.0. The number of piperazine rings is 1. The fourth-order valence-electron chi connectivity index (χ4n) is 5.97. The monoisotopic (exact) mass is 604 g/mol. The zero-order valence-corrected chi connectivity index (χ0v) is 24.5. The summed E-state index contributed by atoms with van der Waals surface area (Å²) in [7, 11) is -2.40. The van der Waals surface area contributed by atoms with Gasteiger partial charge in [-0.3, -0.25) is 14.3 Å². The zero-order chi connectivity index (χ0) is 29.3. The Hall–Kier alpha value is -3.22. The molecular weight excluding hydrogens is 574 g/mol. The van der Waals surface area contributed by atoms with Gasteiger partial charge in [0.25, 0.3) is 12.1 Å². The standard InChI is InChI=1S/C26H30F2N8O3S2/c1-14(2)25(37)36-15-6-5-7-16(36)13-35(12-15)19-11-17(41(38,39)33-26(29-3)8-9-26)10-18-20(32-34(4)21(18)19)23-30-31-24(40-23)22(27)28/h10-11,14-16,22,33H,5-9,12-13H2,1-2,4H3. The number of rotatable bonds is 7. The number of sulfonamides is 1. The van der Waals surface area contributed by atoms with Gasteiger partial charge in [0.1, 0.15) is 5.69 Å². The highest BCUT2D eigenvalue weighted by atomic mass is 32.2. The minimum atomic E-state index is -4.12. The molecule has 2 atom stereocenters. The van der Waals surface area contributed by atoms with Gasteiger partial charge in [-0.25, -0.2) is 23.8 Å². The fourth-order valence-corrected chi connectivity index (χ4v) is 8.07. The predicted octanol–water partition coefficient (Wildman–Crippen LogP) is 3.94. The number of nitrogens with zero attached hydrogens (tertiary/aromatic N) is 7. The number of carbonyl (C=O) groups is 1. The first-order chi connectivity index (χ1) is 19.4. The average molecular weight is 605 g/mol.